The van der Waals surface area contributed by atoms with E-state index < -0.39 is 9.84 Å². The van der Waals surface area contributed by atoms with Crippen molar-refractivity contribution >= 4 is 33.0 Å². The number of nitrogens with one attached hydrogen (secondary N) is 1. The molecule has 0 aliphatic carbocycles. The van der Waals surface area contributed by atoms with Crippen molar-refractivity contribution in [1.29, 1.82) is 0 Å². The van der Waals surface area contributed by atoms with Gasteiger partial charge in [-0.1, -0.05) is 37.6 Å². The molecule has 0 atom stereocenters. The fourth-order valence-electron chi connectivity index (χ4n) is 2.21. The van der Waals surface area contributed by atoms with Crippen LogP contribution in [0.4, 0.5) is 5.69 Å². The maximum atomic E-state index is 12.3. The highest BCUT2D eigenvalue weighted by Crippen LogP contribution is 2.28. The minimum absolute atomic E-state index is 0.0532. The Balaban J connectivity index is 2.04. The lowest BCUT2D eigenvalue weighted by atomic mass is 10.1. The Bertz CT molecular complexity index is 877. The van der Waals surface area contributed by atoms with Gasteiger partial charge in [-0.05, 0) is 41.8 Å². The van der Waals surface area contributed by atoms with E-state index in [4.69, 9.17) is 16.3 Å². The summed E-state index contributed by atoms with van der Waals surface area (Å²) < 4.78 is 28.2. The van der Waals surface area contributed by atoms with Crippen molar-refractivity contribution in [2.24, 2.45) is 5.92 Å². The Morgan fingerprint density at radius 3 is 2.35 bits per heavy atom. The van der Waals surface area contributed by atoms with Gasteiger partial charge in [0.1, 0.15) is 5.75 Å². The molecule has 0 saturated carbocycles. The van der Waals surface area contributed by atoms with E-state index in [9.17, 15) is 13.2 Å². The van der Waals surface area contributed by atoms with Gasteiger partial charge < -0.3 is 10.1 Å². The maximum absolute atomic E-state index is 12.3. The van der Waals surface area contributed by atoms with Crippen LogP contribution in [0.25, 0.3) is 0 Å². The molecular weight excluding hydrogens is 374 g/mol. The number of rotatable bonds is 7. The molecule has 26 heavy (non-hydrogen) atoms. The van der Waals surface area contributed by atoms with Gasteiger partial charge in [-0.15, -0.1) is 0 Å². The average molecular weight is 396 g/mol. The summed E-state index contributed by atoms with van der Waals surface area (Å²) in [5, 5.41) is 3.18. The van der Waals surface area contributed by atoms with Crippen LogP contribution in [-0.2, 0) is 15.6 Å². The molecule has 7 heteroatoms. The van der Waals surface area contributed by atoms with Crippen LogP contribution < -0.4 is 10.1 Å². The second-order valence-corrected chi connectivity index (χ2v) is 9.12. The molecule has 140 valence electrons. The van der Waals surface area contributed by atoms with E-state index in [1.165, 1.54) is 6.26 Å². The third-order valence-corrected chi connectivity index (χ3v) is 4.56. The lowest BCUT2D eigenvalue weighted by Gasteiger charge is -2.12. The van der Waals surface area contributed by atoms with E-state index >= 15 is 0 Å². The molecule has 0 bridgehead atoms. The highest BCUT2D eigenvalue weighted by atomic mass is 35.5. The first-order chi connectivity index (χ1) is 12.1. The zero-order valence-corrected chi connectivity index (χ0v) is 16.5. The van der Waals surface area contributed by atoms with E-state index in [-0.39, 0.29) is 11.7 Å². The molecule has 0 unspecified atom stereocenters. The SMILES string of the molecule is CC(C)COc1ccc(NC(=O)c2ccc(CS(C)(=O)=O)cc2)cc1Cl. The van der Waals surface area contributed by atoms with Crippen LogP contribution in [-0.4, -0.2) is 27.2 Å². The Hall–Kier alpha value is -2.05. The molecule has 0 aliphatic rings. The van der Waals surface area contributed by atoms with Crippen LogP contribution in [0.3, 0.4) is 0 Å². The highest BCUT2D eigenvalue weighted by molar-refractivity contribution is 7.89. The van der Waals surface area contributed by atoms with Gasteiger partial charge in [-0.3, -0.25) is 4.79 Å². The van der Waals surface area contributed by atoms with E-state index in [1.807, 2.05) is 13.8 Å². The van der Waals surface area contributed by atoms with Crippen LogP contribution in [0.15, 0.2) is 42.5 Å². The van der Waals surface area contributed by atoms with E-state index in [0.717, 1.165) is 0 Å². The van der Waals surface area contributed by atoms with Crippen molar-refractivity contribution in [3.05, 3.63) is 58.6 Å². The average Bonchev–Trinajstić information content (AvgIpc) is 2.53. The Kier molecular flexibility index (Phi) is 6.67. The monoisotopic (exact) mass is 395 g/mol. The van der Waals surface area contributed by atoms with Gasteiger partial charge in [0, 0.05) is 17.5 Å². The number of anilines is 1. The first-order valence-electron chi connectivity index (χ1n) is 8.14. The van der Waals surface area contributed by atoms with Crippen LogP contribution in [0.1, 0.15) is 29.8 Å². The quantitative estimate of drug-likeness (QED) is 0.763. The zero-order chi connectivity index (χ0) is 19.3. The summed E-state index contributed by atoms with van der Waals surface area (Å²) in [6.45, 7) is 4.65. The minimum atomic E-state index is -3.11. The number of sulfone groups is 1. The smallest absolute Gasteiger partial charge is 0.255 e. The number of hydrogen-bond acceptors (Lipinski definition) is 4. The summed E-state index contributed by atoms with van der Waals surface area (Å²) in [5.74, 6) is 0.602. The predicted molar refractivity (Wildman–Crippen MR) is 105 cm³/mol. The number of hydrogen-bond donors (Lipinski definition) is 1. The molecule has 0 aromatic heterocycles. The van der Waals surface area contributed by atoms with E-state index in [1.54, 1.807) is 42.5 Å². The first-order valence-corrected chi connectivity index (χ1v) is 10.6. The van der Waals surface area contributed by atoms with Crippen LogP contribution in [0.2, 0.25) is 5.02 Å². The molecule has 0 aliphatic heterocycles. The number of benzene rings is 2. The number of halogens is 1. The Labute approximate surface area is 159 Å². The van der Waals surface area contributed by atoms with Crippen molar-refractivity contribution in [3.63, 3.8) is 0 Å². The van der Waals surface area contributed by atoms with E-state index in [0.29, 0.717) is 40.1 Å². The highest BCUT2D eigenvalue weighted by Gasteiger charge is 2.10. The Morgan fingerprint density at radius 1 is 1.15 bits per heavy atom. The normalized spacial score (nSPS) is 11.4. The molecular formula is C19H22ClNO4S. The van der Waals surface area contributed by atoms with Gasteiger partial charge in [0.25, 0.3) is 5.91 Å². The standard InChI is InChI=1S/C19H22ClNO4S/c1-13(2)11-25-18-9-8-16(10-17(18)20)21-19(22)15-6-4-14(5-7-15)12-26(3,23)24/h4-10,13H,11-12H2,1-3H3,(H,21,22). The van der Waals surface area contributed by atoms with E-state index in [2.05, 4.69) is 5.32 Å². The molecule has 0 saturated heterocycles. The van der Waals surface area contributed by atoms with Gasteiger partial charge in [-0.2, -0.15) is 0 Å². The molecule has 0 heterocycles. The zero-order valence-electron chi connectivity index (χ0n) is 15.0. The molecule has 2 rings (SSSR count). The fraction of sp³-hybridized carbons (Fsp3) is 0.316. The minimum Gasteiger partial charge on any atom is -0.492 e. The fourth-order valence-corrected chi connectivity index (χ4v) is 3.24. The molecule has 2 aromatic rings. The summed E-state index contributed by atoms with van der Waals surface area (Å²) in [7, 11) is -3.11. The number of carbonyl (C=O) groups excluding carboxylic acids is 1. The molecule has 2 aromatic carbocycles. The second-order valence-electron chi connectivity index (χ2n) is 6.57. The number of amides is 1. The van der Waals surface area contributed by atoms with Crippen LogP contribution in [0.5, 0.6) is 5.75 Å². The summed E-state index contributed by atoms with van der Waals surface area (Å²) >= 11 is 6.19. The van der Waals surface area contributed by atoms with Crippen LogP contribution >= 0.6 is 11.6 Å². The summed E-state index contributed by atoms with van der Waals surface area (Å²) in [6.07, 6.45) is 1.17. The molecule has 1 N–H and O–H groups in total. The van der Waals surface area contributed by atoms with Crippen LogP contribution in [0, 0.1) is 5.92 Å². The van der Waals surface area contributed by atoms with Crippen molar-refractivity contribution in [2.45, 2.75) is 19.6 Å². The molecule has 0 fully saturated rings. The van der Waals surface area contributed by atoms with Gasteiger partial charge in [0.05, 0.1) is 17.4 Å². The largest absolute Gasteiger partial charge is 0.492 e. The molecule has 0 radical (unpaired) electrons. The third-order valence-electron chi connectivity index (χ3n) is 3.41. The molecule has 5 nitrogen and oxygen atoms in total. The van der Waals surface area contributed by atoms with Gasteiger partial charge in [0.15, 0.2) is 9.84 Å². The van der Waals surface area contributed by atoms with Crippen molar-refractivity contribution in [1.82, 2.24) is 0 Å². The maximum Gasteiger partial charge on any atom is 0.255 e. The van der Waals surface area contributed by atoms with Gasteiger partial charge >= 0.3 is 0 Å². The topological polar surface area (TPSA) is 72.5 Å². The summed E-state index contributed by atoms with van der Waals surface area (Å²) in [5.41, 5.74) is 1.62. The van der Waals surface area contributed by atoms with Crippen molar-refractivity contribution in [2.75, 3.05) is 18.2 Å². The molecule has 0 spiro atoms. The molecule has 1 amide bonds. The predicted octanol–water partition coefficient (Wildman–Crippen LogP) is 4.17. The third kappa shape index (κ3) is 6.35. The second kappa shape index (κ2) is 8.56. The van der Waals surface area contributed by atoms with Crippen molar-refractivity contribution < 1.29 is 17.9 Å². The number of carbonyl (C=O) groups is 1. The summed E-state index contributed by atoms with van der Waals surface area (Å²) in [6, 6.07) is 11.5. The van der Waals surface area contributed by atoms with Gasteiger partial charge in [-0.25, -0.2) is 8.42 Å². The number of ether oxygens (including phenoxy) is 1. The van der Waals surface area contributed by atoms with Crippen molar-refractivity contribution in [3.8, 4) is 5.75 Å². The first kappa shape index (κ1) is 20.3. The summed E-state index contributed by atoms with van der Waals surface area (Å²) in [4.78, 5) is 12.3. The Morgan fingerprint density at radius 2 is 1.81 bits per heavy atom. The lowest BCUT2D eigenvalue weighted by molar-refractivity contribution is 0.102. The van der Waals surface area contributed by atoms with Gasteiger partial charge in [0.2, 0.25) is 0 Å². The lowest BCUT2D eigenvalue weighted by Crippen LogP contribution is -2.12.